The van der Waals surface area contributed by atoms with Gasteiger partial charge in [-0.1, -0.05) is 23.2 Å². The first-order chi connectivity index (χ1) is 18.0. The molecule has 194 valence electrons. The molecule has 1 aliphatic carbocycles. The van der Waals surface area contributed by atoms with Crippen LogP contribution in [0.1, 0.15) is 25.5 Å². The lowest BCUT2D eigenvalue weighted by molar-refractivity contribution is 0.191. The van der Waals surface area contributed by atoms with Crippen LogP contribution in [-0.4, -0.2) is 74.3 Å². The first-order valence-corrected chi connectivity index (χ1v) is 14.0. The Bertz CT molecular complexity index is 1420. The van der Waals surface area contributed by atoms with Gasteiger partial charge in [-0.05, 0) is 38.0 Å². The molecule has 12 heteroatoms. The molecule has 1 aromatic carbocycles. The molecule has 4 heterocycles. The van der Waals surface area contributed by atoms with Crippen LogP contribution in [0, 0.1) is 0 Å². The minimum absolute atomic E-state index is 0.204. The summed E-state index contributed by atoms with van der Waals surface area (Å²) in [4.78, 5) is 20.7. The number of nitrogens with one attached hydrogen (secondary N) is 1. The summed E-state index contributed by atoms with van der Waals surface area (Å²) in [6, 6.07) is 5.69. The number of hydrogen-bond donors (Lipinski definition) is 1. The zero-order chi connectivity index (χ0) is 25.4. The van der Waals surface area contributed by atoms with E-state index in [0.717, 1.165) is 62.6 Å². The Morgan fingerprint density at radius 3 is 2.70 bits per heavy atom. The molecule has 37 heavy (non-hydrogen) atoms. The number of thiazole rings is 1. The van der Waals surface area contributed by atoms with Crippen LogP contribution >= 0.6 is 34.5 Å². The Kier molecular flexibility index (Phi) is 6.93. The monoisotopic (exact) mass is 559 g/mol. The maximum Gasteiger partial charge on any atom is 0.245 e. The maximum atomic E-state index is 6.80. The van der Waals surface area contributed by atoms with E-state index in [4.69, 9.17) is 37.7 Å². The van der Waals surface area contributed by atoms with Crippen molar-refractivity contribution in [2.24, 2.45) is 0 Å². The summed E-state index contributed by atoms with van der Waals surface area (Å²) < 4.78 is 14.8. The van der Waals surface area contributed by atoms with Crippen molar-refractivity contribution >= 4 is 45.7 Å². The summed E-state index contributed by atoms with van der Waals surface area (Å²) in [7, 11) is 0. The molecule has 0 amide bonds. The van der Waals surface area contributed by atoms with Gasteiger partial charge in [-0.3, -0.25) is 4.90 Å². The van der Waals surface area contributed by atoms with Crippen LogP contribution in [0.15, 0.2) is 30.0 Å². The quantitative estimate of drug-likeness (QED) is 0.320. The number of fused-ring (bicyclic) bond motifs is 1. The molecule has 2 aliphatic rings. The molecule has 0 unspecified atom stereocenters. The van der Waals surface area contributed by atoms with E-state index < -0.39 is 0 Å². The number of piperazine rings is 1. The Labute approximate surface area is 228 Å². The summed E-state index contributed by atoms with van der Waals surface area (Å²) >= 11 is 14.6. The number of benzene rings is 1. The number of hydrogen-bond acceptors (Lipinski definition) is 9. The van der Waals surface area contributed by atoms with Crippen LogP contribution in [0.2, 0.25) is 9.36 Å². The van der Waals surface area contributed by atoms with Crippen LogP contribution in [-0.2, 0) is 6.54 Å². The zero-order valence-corrected chi connectivity index (χ0v) is 22.7. The minimum atomic E-state index is -0.204. The normalized spacial score (nSPS) is 17.3. The zero-order valence-electron chi connectivity index (χ0n) is 20.4. The smallest absolute Gasteiger partial charge is 0.245 e. The molecule has 1 saturated carbocycles. The van der Waals surface area contributed by atoms with Gasteiger partial charge in [0.05, 0.1) is 22.8 Å². The Balaban J connectivity index is 1.32. The predicted molar refractivity (Wildman–Crippen MR) is 145 cm³/mol. The van der Waals surface area contributed by atoms with Crippen molar-refractivity contribution in [3.05, 3.63) is 45.1 Å². The molecule has 1 N–H and O–H groups in total. The molecular weight excluding hydrogens is 533 g/mol. The number of rotatable bonds is 9. The van der Waals surface area contributed by atoms with Gasteiger partial charge in [0.2, 0.25) is 5.88 Å². The first-order valence-electron chi connectivity index (χ1n) is 12.3. The fraction of sp³-hybridized carbons (Fsp3) is 0.440. The van der Waals surface area contributed by atoms with Crippen LogP contribution in [0.4, 0.5) is 0 Å². The second-order valence-electron chi connectivity index (χ2n) is 9.58. The molecule has 2 fully saturated rings. The largest absolute Gasteiger partial charge is 0.492 e. The van der Waals surface area contributed by atoms with Crippen molar-refractivity contribution in [2.45, 2.75) is 31.9 Å². The standard InChI is InChI=1S/C25H27Cl2N7O2S/c1-25(4-5-25)36-24-20-23(29-14-30-24)34(13-19-21(27)37-15-31-19)22(32-20)17-3-2-16(12-18(17)26)35-11-10-33-8-6-28-7-9-33/h2-3,12,14-15,28H,4-11,13H2,1H3. The van der Waals surface area contributed by atoms with Crippen molar-refractivity contribution in [1.82, 2.24) is 34.7 Å². The van der Waals surface area contributed by atoms with Gasteiger partial charge in [-0.25, -0.2) is 15.0 Å². The molecule has 3 aromatic heterocycles. The predicted octanol–water partition coefficient (Wildman–Crippen LogP) is 4.52. The van der Waals surface area contributed by atoms with Gasteiger partial charge >= 0.3 is 0 Å². The topological polar surface area (TPSA) is 90.2 Å². The van der Waals surface area contributed by atoms with Crippen molar-refractivity contribution in [2.75, 3.05) is 39.3 Å². The molecule has 1 aliphatic heterocycles. The fourth-order valence-electron chi connectivity index (χ4n) is 4.36. The van der Waals surface area contributed by atoms with Gasteiger partial charge in [0.25, 0.3) is 0 Å². The number of halogens is 2. The van der Waals surface area contributed by atoms with Crippen LogP contribution in [0.3, 0.4) is 0 Å². The summed E-state index contributed by atoms with van der Waals surface area (Å²) in [6.45, 7) is 8.06. The summed E-state index contributed by atoms with van der Waals surface area (Å²) in [5.74, 6) is 1.83. The highest BCUT2D eigenvalue weighted by Crippen LogP contribution is 2.41. The Morgan fingerprint density at radius 2 is 1.97 bits per heavy atom. The maximum absolute atomic E-state index is 6.80. The van der Waals surface area contributed by atoms with E-state index in [9.17, 15) is 0 Å². The second kappa shape index (κ2) is 10.3. The average Bonchev–Trinajstić information content (AvgIpc) is 3.30. The lowest BCUT2D eigenvalue weighted by Crippen LogP contribution is -2.44. The van der Waals surface area contributed by atoms with Crippen molar-refractivity contribution in [3.63, 3.8) is 0 Å². The first kappa shape index (κ1) is 24.8. The van der Waals surface area contributed by atoms with Crippen LogP contribution < -0.4 is 14.8 Å². The van der Waals surface area contributed by atoms with Gasteiger partial charge in [0.15, 0.2) is 11.2 Å². The Hall–Kier alpha value is -2.50. The number of aromatic nitrogens is 5. The van der Waals surface area contributed by atoms with E-state index in [0.29, 0.717) is 45.4 Å². The summed E-state index contributed by atoms with van der Waals surface area (Å²) in [5.41, 5.74) is 4.25. The fourth-order valence-corrected chi connectivity index (χ4v) is 5.37. The molecule has 0 spiro atoms. The Morgan fingerprint density at radius 1 is 1.14 bits per heavy atom. The molecule has 4 aromatic rings. The summed E-state index contributed by atoms with van der Waals surface area (Å²) in [6.07, 6.45) is 3.48. The highest BCUT2D eigenvalue weighted by Gasteiger charge is 2.41. The number of imidazole rings is 1. The van der Waals surface area contributed by atoms with E-state index >= 15 is 0 Å². The highest BCUT2D eigenvalue weighted by molar-refractivity contribution is 7.14. The minimum Gasteiger partial charge on any atom is -0.492 e. The molecule has 0 atom stereocenters. The molecule has 6 rings (SSSR count). The van der Waals surface area contributed by atoms with Gasteiger partial charge < -0.3 is 19.4 Å². The van der Waals surface area contributed by atoms with Gasteiger partial charge in [0.1, 0.15) is 34.4 Å². The molecule has 0 bridgehead atoms. The van der Waals surface area contributed by atoms with E-state index in [1.54, 1.807) is 5.51 Å². The highest BCUT2D eigenvalue weighted by atomic mass is 35.5. The van der Waals surface area contributed by atoms with E-state index in [1.165, 1.54) is 17.7 Å². The second-order valence-corrected chi connectivity index (χ2v) is 11.4. The van der Waals surface area contributed by atoms with Crippen molar-refractivity contribution in [1.29, 1.82) is 0 Å². The average molecular weight is 561 g/mol. The SMILES string of the molecule is CC1(Oc2ncnc3c2nc(-c2ccc(OCCN4CCNCC4)cc2Cl)n3Cc2ncsc2Cl)CC1. The number of ether oxygens (including phenoxy) is 2. The van der Waals surface area contributed by atoms with E-state index in [-0.39, 0.29) is 5.60 Å². The van der Waals surface area contributed by atoms with E-state index in [1.807, 2.05) is 22.8 Å². The van der Waals surface area contributed by atoms with Gasteiger partial charge in [0, 0.05) is 38.3 Å². The molecule has 1 saturated heterocycles. The molecular formula is C25H27Cl2N7O2S. The summed E-state index contributed by atoms with van der Waals surface area (Å²) in [5, 5.41) is 3.90. The third kappa shape index (κ3) is 5.39. The van der Waals surface area contributed by atoms with Gasteiger partial charge in [-0.2, -0.15) is 4.98 Å². The third-order valence-electron chi connectivity index (χ3n) is 6.76. The van der Waals surface area contributed by atoms with Crippen LogP contribution in [0.25, 0.3) is 22.6 Å². The van der Waals surface area contributed by atoms with Crippen molar-refractivity contribution < 1.29 is 9.47 Å². The lowest BCUT2D eigenvalue weighted by atomic mass is 10.2. The van der Waals surface area contributed by atoms with E-state index in [2.05, 4.69) is 32.1 Å². The molecule has 0 radical (unpaired) electrons. The van der Waals surface area contributed by atoms with Crippen molar-refractivity contribution in [3.8, 4) is 23.0 Å². The number of nitrogens with zero attached hydrogens (tertiary/aromatic N) is 6. The molecule has 9 nitrogen and oxygen atoms in total. The third-order valence-corrected chi connectivity index (χ3v) is 8.21. The van der Waals surface area contributed by atoms with Gasteiger partial charge in [-0.15, -0.1) is 11.3 Å². The van der Waals surface area contributed by atoms with Crippen LogP contribution in [0.5, 0.6) is 11.6 Å². The lowest BCUT2D eigenvalue weighted by Gasteiger charge is -2.26.